The lowest BCUT2D eigenvalue weighted by Gasteiger charge is -2.38. The van der Waals surface area contributed by atoms with Crippen molar-refractivity contribution in [2.75, 3.05) is 52.9 Å². The summed E-state index contributed by atoms with van der Waals surface area (Å²) in [5.41, 5.74) is -0.611. The monoisotopic (exact) mass is 496 g/mol. The first kappa shape index (κ1) is 27.0. The smallest absolute Gasteiger partial charge is 0.414 e. The van der Waals surface area contributed by atoms with Gasteiger partial charge in [-0.25, -0.2) is 9.59 Å². The van der Waals surface area contributed by atoms with Crippen molar-refractivity contribution in [3.8, 4) is 0 Å². The third kappa shape index (κ3) is 7.69. The van der Waals surface area contributed by atoms with Crippen LogP contribution in [0.5, 0.6) is 0 Å². The molecular formula is C23H40N6O6. The van der Waals surface area contributed by atoms with Gasteiger partial charge in [0, 0.05) is 46.3 Å². The number of rotatable bonds is 6. The van der Waals surface area contributed by atoms with Gasteiger partial charge in [-0.05, 0) is 52.4 Å². The number of carbonyl (C=O) groups excluding carboxylic acids is 2. The molecule has 0 radical (unpaired) electrons. The van der Waals surface area contributed by atoms with Gasteiger partial charge < -0.3 is 24.4 Å². The number of carboxylic acids is 1. The molecule has 3 saturated heterocycles. The number of nitrogens with one attached hydrogen (secondary N) is 2. The molecule has 0 aromatic carbocycles. The molecule has 0 aromatic rings. The molecule has 3 heterocycles. The first-order valence-electron chi connectivity index (χ1n) is 12.4. The fourth-order valence-electron chi connectivity index (χ4n) is 4.94. The normalized spacial score (nSPS) is 24.9. The van der Waals surface area contributed by atoms with E-state index >= 15 is 0 Å². The standard InChI is InChI=1S/C23H40N6O6/c1-23(2,3)35-21(32)25-20(24)29-9-7-16(8-10-29)5-6-17-19(34-22(33)26(17)4)28-13-11-27(12-14-28)15-18(30)31/h16-17,19H,5-15H2,1-4H3,(H,30,31)(H2,24,25,32). The molecule has 3 aliphatic heterocycles. The summed E-state index contributed by atoms with van der Waals surface area (Å²) in [5.74, 6) is -0.294. The molecule has 2 unspecified atom stereocenters. The summed E-state index contributed by atoms with van der Waals surface area (Å²) >= 11 is 0. The van der Waals surface area contributed by atoms with Crippen LogP contribution in [-0.2, 0) is 14.3 Å². The number of piperidine rings is 1. The van der Waals surface area contributed by atoms with Gasteiger partial charge in [-0.1, -0.05) is 0 Å². The summed E-state index contributed by atoms with van der Waals surface area (Å²) in [6.07, 6.45) is 2.33. The van der Waals surface area contributed by atoms with Crippen molar-refractivity contribution >= 4 is 24.1 Å². The molecule has 35 heavy (non-hydrogen) atoms. The maximum Gasteiger partial charge on any atom is 0.414 e. The average Bonchev–Trinajstić information content (AvgIpc) is 3.05. The number of carboxylic acid groups (broad SMARTS) is 1. The second-order valence-electron chi connectivity index (χ2n) is 10.6. The van der Waals surface area contributed by atoms with Crippen LogP contribution >= 0.6 is 0 Å². The fraction of sp³-hybridized carbons (Fsp3) is 0.826. The molecule has 3 N–H and O–H groups in total. The van der Waals surface area contributed by atoms with Crippen LogP contribution in [0, 0.1) is 11.3 Å². The number of nitrogens with zero attached hydrogens (tertiary/aromatic N) is 4. The first-order valence-corrected chi connectivity index (χ1v) is 12.4. The van der Waals surface area contributed by atoms with E-state index in [9.17, 15) is 14.4 Å². The lowest BCUT2D eigenvalue weighted by atomic mass is 9.90. The minimum absolute atomic E-state index is 0.0328. The Labute approximate surface area is 207 Å². The summed E-state index contributed by atoms with van der Waals surface area (Å²) in [4.78, 5) is 42.8. The van der Waals surface area contributed by atoms with Crippen molar-refractivity contribution in [1.29, 1.82) is 5.41 Å². The van der Waals surface area contributed by atoms with Crippen LogP contribution in [0.15, 0.2) is 0 Å². The number of carbonyl (C=O) groups is 3. The number of likely N-dealkylation sites (N-methyl/N-ethyl adjacent to an activating group) is 1. The molecule has 0 aliphatic carbocycles. The molecule has 0 aromatic heterocycles. The van der Waals surface area contributed by atoms with Crippen LogP contribution in [0.25, 0.3) is 0 Å². The van der Waals surface area contributed by atoms with E-state index in [0.717, 1.165) is 25.7 Å². The van der Waals surface area contributed by atoms with Gasteiger partial charge >= 0.3 is 18.2 Å². The Bertz CT molecular complexity index is 786. The zero-order valence-electron chi connectivity index (χ0n) is 21.3. The number of likely N-dealkylation sites (tertiary alicyclic amines) is 1. The minimum atomic E-state index is -0.829. The highest BCUT2D eigenvalue weighted by atomic mass is 16.6. The summed E-state index contributed by atoms with van der Waals surface area (Å²) in [5, 5.41) is 19.7. The van der Waals surface area contributed by atoms with Crippen molar-refractivity contribution in [2.45, 2.75) is 64.3 Å². The summed E-state index contributed by atoms with van der Waals surface area (Å²) in [7, 11) is 1.78. The quantitative estimate of drug-likeness (QED) is 0.368. The number of aliphatic carboxylic acids is 1. The maximum absolute atomic E-state index is 12.3. The highest BCUT2D eigenvalue weighted by molar-refractivity contribution is 5.92. The molecule has 3 fully saturated rings. The van der Waals surface area contributed by atoms with Crippen LogP contribution in [0.4, 0.5) is 9.59 Å². The molecule has 3 aliphatic rings. The van der Waals surface area contributed by atoms with Crippen molar-refractivity contribution in [3.05, 3.63) is 0 Å². The fourth-order valence-corrected chi connectivity index (χ4v) is 4.94. The molecule has 0 saturated carbocycles. The number of guanidine groups is 1. The third-order valence-corrected chi connectivity index (χ3v) is 6.88. The number of hydrogen-bond acceptors (Lipinski definition) is 8. The number of hydrogen-bond donors (Lipinski definition) is 3. The summed E-state index contributed by atoms with van der Waals surface area (Å²) in [6, 6.07) is -0.0429. The van der Waals surface area contributed by atoms with Crippen LogP contribution in [0.3, 0.4) is 0 Å². The van der Waals surface area contributed by atoms with E-state index < -0.39 is 17.7 Å². The second-order valence-corrected chi connectivity index (χ2v) is 10.6. The third-order valence-electron chi connectivity index (χ3n) is 6.88. The molecule has 2 atom stereocenters. The number of piperazine rings is 1. The van der Waals surface area contributed by atoms with Crippen molar-refractivity contribution in [3.63, 3.8) is 0 Å². The Morgan fingerprint density at radius 2 is 1.74 bits per heavy atom. The van der Waals surface area contributed by atoms with E-state index in [1.54, 1.807) is 32.7 Å². The molecule has 3 rings (SSSR count). The van der Waals surface area contributed by atoms with Gasteiger partial charge in [0.25, 0.3) is 0 Å². The first-order chi connectivity index (χ1) is 16.4. The highest BCUT2D eigenvalue weighted by Crippen LogP contribution is 2.29. The predicted octanol–water partition coefficient (Wildman–Crippen LogP) is 1.42. The Kier molecular flexibility index (Phi) is 8.81. The molecule has 198 valence electrons. The molecule has 2 amide bonds. The van der Waals surface area contributed by atoms with Gasteiger partial charge in [0.1, 0.15) is 5.60 Å². The van der Waals surface area contributed by atoms with Gasteiger partial charge in [0.05, 0.1) is 12.6 Å². The van der Waals surface area contributed by atoms with E-state index in [0.29, 0.717) is 45.2 Å². The highest BCUT2D eigenvalue weighted by Gasteiger charge is 2.43. The van der Waals surface area contributed by atoms with E-state index in [4.69, 9.17) is 20.0 Å². The van der Waals surface area contributed by atoms with E-state index in [1.165, 1.54) is 0 Å². The topological polar surface area (TPSA) is 139 Å². The SMILES string of the molecule is CN1C(=O)OC(N2CCN(CC(=O)O)CC2)C1CCC1CCN(C(=N)NC(=O)OC(C)(C)C)CC1. The van der Waals surface area contributed by atoms with Gasteiger partial charge in [-0.3, -0.25) is 25.3 Å². The Hall–Kier alpha value is -2.60. The number of cyclic esters (lactones) is 1. The Balaban J connectivity index is 1.44. The van der Waals surface area contributed by atoms with E-state index in [2.05, 4.69) is 10.2 Å². The molecule has 12 heteroatoms. The second kappa shape index (κ2) is 11.4. The van der Waals surface area contributed by atoms with Crippen molar-refractivity contribution < 1.29 is 29.0 Å². The lowest BCUT2D eigenvalue weighted by Crippen LogP contribution is -2.54. The zero-order chi connectivity index (χ0) is 25.8. The van der Waals surface area contributed by atoms with Gasteiger partial charge in [0.2, 0.25) is 5.96 Å². The van der Waals surface area contributed by atoms with Gasteiger partial charge in [-0.15, -0.1) is 0 Å². The van der Waals surface area contributed by atoms with Crippen LogP contribution < -0.4 is 5.32 Å². The number of ether oxygens (including phenoxy) is 2. The van der Waals surface area contributed by atoms with Crippen LogP contribution in [0.1, 0.15) is 46.5 Å². The van der Waals surface area contributed by atoms with Crippen molar-refractivity contribution in [2.24, 2.45) is 5.92 Å². The van der Waals surface area contributed by atoms with E-state index in [-0.39, 0.29) is 30.9 Å². The zero-order valence-corrected chi connectivity index (χ0v) is 21.3. The van der Waals surface area contributed by atoms with Crippen molar-refractivity contribution in [1.82, 2.24) is 24.9 Å². The summed E-state index contributed by atoms with van der Waals surface area (Å²) in [6.45, 7) is 9.36. The Morgan fingerprint density at radius 3 is 2.31 bits per heavy atom. The van der Waals surface area contributed by atoms with Gasteiger partial charge in [0.15, 0.2) is 6.23 Å². The Morgan fingerprint density at radius 1 is 1.11 bits per heavy atom. The average molecular weight is 497 g/mol. The number of alkyl carbamates (subject to hydrolysis) is 1. The molecule has 0 bridgehead atoms. The molecule has 0 spiro atoms. The van der Waals surface area contributed by atoms with Gasteiger partial charge in [-0.2, -0.15) is 0 Å². The minimum Gasteiger partial charge on any atom is -0.480 e. The van der Waals surface area contributed by atoms with Crippen LogP contribution in [0.2, 0.25) is 0 Å². The van der Waals surface area contributed by atoms with Crippen LogP contribution in [-0.4, -0.2) is 120 Å². The lowest BCUT2D eigenvalue weighted by molar-refractivity contribution is -0.139. The van der Waals surface area contributed by atoms with E-state index in [1.807, 2.05) is 9.80 Å². The number of amides is 2. The summed E-state index contributed by atoms with van der Waals surface area (Å²) < 4.78 is 10.9. The molecule has 12 nitrogen and oxygen atoms in total. The largest absolute Gasteiger partial charge is 0.480 e. The predicted molar refractivity (Wildman–Crippen MR) is 128 cm³/mol. The maximum atomic E-state index is 12.3. The molecular weight excluding hydrogens is 456 g/mol.